The molecule has 0 bridgehead atoms. The van der Waals surface area contributed by atoms with Gasteiger partial charge in [-0.25, -0.2) is 0 Å². The van der Waals surface area contributed by atoms with E-state index in [1.165, 1.54) is 5.56 Å². The highest BCUT2D eigenvalue weighted by atomic mass is 16.5. The van der Waals surface area contributed by atoms with Crippen molar-refractivity contribution in [2.45, 2.75) is 26.2 Å². The van der Waals surface area contributed by atoms with Crippen LogP contribution < -0.4 is 14.8 Å². The fourth-order valence-corrected chi connectivity index (χ4v) is 3.10. The Morgan fingerprint density at radius 1 is 1.04 bits per heavy atom. The van der Waals surface area contributed by atoms with Crippen LogP contribution in [0.4, 0.5) is 0 Å². The molecule has 1 heterocycles. The molecule has 142 valence electrons. The summed E-state index contributed by atoms with van der Waals surface area (Å²) in [5.41, 5.74) is 4.05. The molecule has 2 aromatic carbocycles. The lowest BCUT2D eigenvalue weighted by Crippen LogP contribution is -2.27. The summed E-state index contributed by atoms with van der Waals surface area (Å²) in [6, 6.07) is 11.9. The monoisotopic (exact) mass is 367 g/mol. The van der Waals surface area contributed by atoms with Crippen molar-refractivity contribution < 1.29 is 18.7 Å². The van der Waals surface area contributed by atoms with Gasteiger partial charge in [0, 0.05) is 17.5 Å². The number of rotatable bonds is 8. The number of methoxy groups -OCH3 is 2. The highest BCUT2D eigenvalue weighted by Crippen LogP contribution is 2.27. The molecule has 1 aromatic heterocycles. The molecule has 0 fully saturated rings. The Morgan fingerprint density at radius 2 is 1.81 bits per heavy atom. The largest absolute Gasteiger partial charge is 0.493 e. The van der Waals surface area contributed by atoms with Crippen LogP contribution in [0, 0.1) is 0 Å². The summed E-state index contributed by atoms with van der Waals surface area (Å²) in [5, 5.41) is 3.97. The van der Waals surface area contributed by atoms with Crippen LogP contribution in [0.2, 0.25) is 0 Å². The summed E-state index contributed by atoms with van der Waals surface area (Å²) in [4.78, 5) is 12.3. The van der Waals surface area contributed by atoms with Crippen molar-refractivity contribution in [3.63, 3.8) is 0 Å². The lowest BCUT2D eigenvalue weighted by Gasteiger charge is -2.10. The maximum Gasteiger partial charge on any atom is 0.224 e. The summed E-state index contributed by atoms with van der Waals surface area (Å²) in [5.74, 6) is 1.37. The zero-order chi connectivity index (χ0) is 19.2. The standard InChI is InChI=1S/C22H25NO4/c1-4-15-5-7-18-17(14-27-20(18)11-15)13-22(24)23-10-9-16-6-8-19(25-2)21(12-16)26-3/h5-8,11-12,14H,4,9-10,13H2,1-3H3,(H,23,24). The SMILES string of the molecule is CCc1ccc2c(CC(=O)NCCc3ccc(OC)c(OC)c3)coc2c1. The number of carbonyl (C=O) groups excluding carboxylic acids is 1. The van der Waals surface area contributed by atoms with E-state index >= 15 is 0 Å². The molecule has 0 spiro atoms. The third kappa shape index (κ3) is 4.42. The summed E-state index contributed by atoms with van der Waals surface area (Å²) < 4.78 is 16.2. The highest BCUT2D eigenvalue weighted by Gasteiger charge is 2.11. The van der Waals surface area contributed by atoms with Crippen molar-refractivity contribution >= 4 is 16.9 Å². The molecule has 0 aliphatic rings. The third-order valence-electron chi connectivity index (χ3n) is 4.66. The minimum absolute atomic E-state index is 0.0160. The predicted molar refractivity (Wildman–Crippen MR) is 106 cm³/mol. The zero-order valence-electron chi connectivity index (χ0n) is 16.0. The first kappa shape index (κ1) is 18.8. The van der Waals surface area contributed by atoms with Gasteiger partial charge in [0.1, 0.15) is 5.58 Å². The first-order chi connectivity index (χ1) is 13.1. The Balaban J connectivity index is 1.56. The van der Waals surface area contributed by atoms with Gasteiger partial charge in [0.15, 0.2) is 11.5 Å². The molecule has 0 aliphatic heterocycles. The van der Waals surface area contributed by atoms with Gasteiger partial charge in [-0.15, -0.1) is 0 Å². The van der Waals surface area contributed by atoms with Gasteiger partial charge in [-0.05, 0) is 42.2 Å². The van der Waals surface area contributed by atoms with Crippen LogP contribution in [0.5, 0.6) is 11.5 Å². The Kier molecular flexibility index (Phi) is 6.01. The molecule has 1 N–H and O–H groups in total. The van der Waals surface area contributed by atoms with Gasteiger partial charge in [-0.2, -0.15) is 0 Å². The number of nitrogens with one attached hydrogen (secondary N) is 1. The highest BCUT2D eigenvalue weighted by molar-refractivity contribution is 5.87. The van der Waals surface area contributed by atoms with Crippen LogP contribution in [0.15, 0.2) is 47.1 Å². The number of fused-ring (bicyclic) bond motifs is 1. The van der Waals surface area contributed by atoms with Crippen molar-refractivity contribution in [2.75, 3.05) is 20.8 Å². The summed E-state index contributed by atoms with van der Waals surface area (Å²) in [6.07, 6.45) is 3.67. The van der Waals surface area contributed by atoms with E-state index in [1.807, 2.05) is 30.3 Å². The number of amides is 1. The van der Waals surface area contributed by atoms with Gasteiger partial charge < -0.3 is 19.2 Å². The maximum atomic E-state index is 12.3. The number of ether oxygens (including phenoxy) is 2. The van der Waals surface area contributed by atoms with E-state index in [4.69, 9.17) is 13.9 Å². The number of benzene rings is 2. The van der Waals surface area contributed by atoms with Gasteiger partial charge in [0.25, 0.3) is 0 Å². The Hall–Kier alpha value is -2.95. The number of furan rings is 1. The molecule has 27 heavy (non-hydrogen) atoms. The Labute approximate surface area is 159 Å². The Bertz CT molecular complexity index is 929. The molecule has 0 atom stereocenters. The molecule has 0 unspecified atom stereocenters. The van der Waals surface area contributed by atoms with Crippen LogP contribution >= 0.6 is 0 Å². The third-order valence-corrected chi connectivity index (χ3v) is 4.66. The molecule has 1 amide bonds. The Morgan fingerprint density at radius 3 is 2.56 bits per heavy atom. The second-order valence-electron chi connectivity index (χ2n) is 6.41. The van der Waals surface area contributed by atoms with Crippen LogP contribution in [-0.4, -0.2) is 26.7 Å². The fourth-order valence-electron chi connectivity index (χ4n) is 3.10. The van der Waals surface area contributed by atoms with Crippen LogP contribution in [0.1, 0.15) is 23.6 Å². The smallest absolute Gasteiger partial charge is 0.224 e. The van der Waals surface area contributed by atoms with E-state index in [0.29, 0.717) is 24.5 Å². The molecule has 0 saturated heterocycles. The van der Waals surface area contributed by atoms with Crippen LogP contribution in [0.25, 0.3) is 11.0 Å². The molecule has 3 rings (SSSR count). The van der Waals surface area contributed by atoms with E-state index in [1.54, 1.807) is 20.5 Å². The van der Waals surface area contributed by atoms with E-state index in [0.717, 1.165) is 34.9 Å². The van der Waals surface area contributed by atoms with Crippen molar-refractivity contribution in [2.24, 2.45) is 0 Å². The van der Waals surface area contributed by atoms with E-state index in [2.05, 4.69) is 18.3 Å². The number of aryl methyl sites for hydroxylation is 1. The summed E-state index contributed by atoms with van der Waals surface area (Å²) in [6.45, 7) is 2.67. The predicted octanol–water partition coefficient (Wildman–Crippen LogP) is 3.91. The van der Waals surface area contributed by atoms with Crippen molar-refractivity contribution in [1.82, 2.24) is 5.32 Å². The van der Waals surface area contributed by atoms with Crippen molar-refractivity contribution in [3.05, 3.63) is 59.4 Å². The minimum atomic E-state index is -0.0160. The zero-order valence-corrected chi connectivity index (χ0v) is 16.0. The van der Waals surface area contributed by atoms with Gasteiger partial charge in [-0.1, -0.05) is 25.1 Å². The fraction of sp³-hybridized carbons (Fsp3) is 0.318. The maximum absolute atomic E-state index is 12.3. The van der Waals surface area contributed by atoms with Crippen LogP contribution in [-0.2, 0) is 24.1 Å². The van der Waals surface area contributed by atoms with E-state index in [-0.39, 0.29) is 5.91 Å². The van der Waals surface area contributed by atoms with Crippen molar-refractivity contribution in [1.29, 1.82) is 0 Å². The van der Waals surface area contributed by atoms with Crippen LogP contribution in [0.3, 0.4) is 0 Å². The molecule has 0 radical (unpaired) electrons. The van der Waals surface area contributed by atoms with Gasteiger partial charge >= 0.3 is 0 Å². The topological polar surface area (TPSA) is 60.7 Å². The first-order valence-corrected chi connectivity index (χ1v) is 9.11. The van der Waals surface area contributed by atoms with Gasteiger partial charge in [0.05, 0.1) is 26.9 Å². The molecule has 0 aliphatic carbocycles. The number of carbonyl (C=O) groups is 1. The average Bonchev–Trinajstić information content (AvgIpc) is 3.09. The molecular formula is C22H25NO4. The van der Waals surface area contributed by atoms with E-state index in [9.17, 15) is 4.79 Å². The molecular weight excluding hydrogens is 342 g/mol. The quantitative estimate of drug-likeness (QED) is 0.656. The minimum Gasteiger partial charge on any atom is -0.493 e. The number of hydrogen-bond acceptors (Lipinski definition) is 4. The van der Waals surface area contributed by atoms with Gasteiger partial charge in [0.2, 0.25) is 5.91 Å². The lowest BCUT2D eigenvalue weighted by atomic mass is 10.1. The summed E-state index contributed by atoms with van der Waals surface area (Å²) >= 11 is 0. The van der Waals surface area contributed by atoms with Crippen molar-refractivity contribution in [3.8, 4) is 11.5 Å². The molecule has 0 saturated carbocycles. The number of hydrogen-bond donors (Lipinski definition) is 1. The molecule has 5 heteroatoms. The first-order valence-electron chi connectivity index (χ1n) is 9.11. The second kappa shape index (κ2) is 8.62. The molecule has 3 aromatic rings. The summed E-state index contributed by atoms with van der Waals surface area (Å²) in [7, 11) is 3.22. The average molecular weight is 367 g/mol. The lowest BCUT2D eigenvalue weighted by molar-refractivity contribution is -0.120. The van der Waals surface area contributed by atoms with E-state index < -0.39 is 0 Å². The molecule has 5 nitrogen and oxygen atoms in total. The normalized spacial score (nSPS) is 10.8. The second-order valence-corrected chi connectivity index (χ2v) is 6.41. The van der Waals surface area contributed by atoms with Gasteiger partial charge in [-0.3, -0.25) is 4.79 Å².